The van der Waals surface area contributed by atoms with Crippen LogP contribution in [-0.2, 0) is 6.54 Å². The molecule has 5 heteroatoms. The minimum absolute atomic E-state index is 0.121. The molecule has 1 aromatic rings. The number of nitrogens with zero attached hydrogens (tertiary/aromatic N) is 3. The quantitative estimate of drug-likeness (QED) is 0.909. The summed E-state index contributed by atoms with van der Waals surface area (Å²) in [6.07, 6.45) is 6.59. The number of pyridine rings is 1. The van der Waals surface area contributed by atoms with Crippen molar-refractivity contribution in [3.05, 3.63) is 29.6 Å². The highest BCUT2D eigenvalue weighted by Gasteiger charge is 2.29. The van der Waals surface area contributed by atoms with E-state index in [0.717, 1.165) is 25.2 Å². The average Bonchev–Trinajstić information content (AvgIpc) is 3.09. The third-order valence-corrected chi connectivity index (χ3v) is 4.61. The van der Waals surface area contributed by atoms with Gasteiger partial charge < -0.3 is 10.6 Å². The van der Waals surface area contributed by atoms with Crippen molar-refractivity contribution in [1.82, 2.24) is 14.8 Å². The predicted octanol–water partition coefficient (Wildman–Crippen LogP) is 1.24. The van der Waals surface area contributed by atoms with Crippen molar-refractivity contribution < 1.29 is 4.79 Å². The molecule has 0 aromatic carbocycles. The Bertz CT molecular complexity index is 499. The van der Waals surface area contributed by atoms with Gasteiger partial charge in [-0.25, -0.2) is 0 Å². The fourth-order valence-corrected chi connectivity index (χ4v) is 3.45. The topological polar surface area (TPSA) is 62.5 Å². The van der Waals surface area contributed by atoms with Gasteiger partial charge in [0, 0.05) is 37.4 Å². The lowest BCUT2D eigenvalue weighted by atomic mass is 10.0. The SMILES string of the molecule is NCc1cc(C(=O)N2CCCC(N3CCCC3)C2)ccn1. The molecule has 2 N–H and O–H groups in total. The number of nitrogens with two attached hydrogens (primary N) is 1. The second-order valence-electron chi connectivity index (χ2n) is 6.03. The number of hydrogen-bond acceptors (Lipinski definition) is 4. The Kier molecular flexibility index (Phi) is 4.51. The predicted molar refractivity (Wildman–Crippen MR) is 81.9 cm³/mol. The summed E-state index contributed by atoms with van der Waals surface area (Å²) in [7, 11) is 0. The molecule has 1 aromatic heterocycles. The molecule has 5 nitrogen and oxygen atoms in total. The van der Waals surface area contributed by atoms with E-state index in [9.17, 15) is 4.79 Å². The van der Waals surface area contributed by atoms with Crippen molar-refractivity contribution >= 4 is 5.91 Å². The van der Waals surface area contributed by atoms with Gasteiger partial charge in [0.05, 0.1) is 5.69 Å². The summed E-state index contributed by atoms with van der Waals surface area (Å²) >= 11 is 0. The standard InChI is InChI=1S/C16H24N4O/c17-11-14-10-13(5-6-18-14)16(21)20-9-3-4-15(12-20)19-7-1-2-8-19/h5-6,10,15H,1-4,7-9,11-12,17H2. The fourth-order valence-electron chi connectivity index (χ4n) is 3.45. The van der Waals surface area contributed by atoms with E-state index < -0.39 is 0 Å². The van der Waals surface area contributed by atoms with Crippen LogP contribution in [0, 0.1) is 0 Å². The van der Waals surface area contributed by atoms with Gasteiger partial charge in [0.2, 0.25) is 0 Å². The second kappa shape index (κ2) is 6.54. The molecule has 2 aliphatic heterocycles. The Labute approximate surface area is 126 Å². The highest BCUT2D eigenvalue weighted by atomic mass is 16.2. The first-order chi connectivity index (χ1) is 10.3. The van der Waals surface area contributed by atoms with Gasteiger partial charge in [-0.05, 0) is 50.9 Å². The first kappa shape index (κ1) is 14.5. The molecular formula is C16H24N4O. The number of aromatic nitrogens is 1. The van der Waals surface area contributed by atoms with Gasteiger partial charge in [0.1, 0.15) is 0 Å². The van der Waals surface area contributed by atoms with Crippen LogP contribution >= 0.6 is 0 Å². The Morgan fingerprint density at radius 3 is 2.86 bits per heavy atom. The van der Waals surface area contributed by atoms with Crippen molar-refractivity contribution in [3.8, 4) is 0 Å². The third-order valence-electron chi connectivity index (χ3n) is 4.61. The van der Waals surface area contributed by atoms with Gasteiger partial charge in [-0.15, -0.1) is 0 Å². The number of amides is 1. The van der Waals surface area contributed by atoms with Crippen LogP contribution in [-0.4, -0.2) is 52.9 Å². The maximum atomic E-state index is 12.7. The molecule has 2 saturated heterocycles. The van der Waals surface area contributed by atoms with E-state index in [1.807, 2.05) is 11.0 Å². The van der Waals surface area contributed by atoms with E-state index in [2.05, 4.69) is 9.88 Å². The van der Waals surface area contributed by atoms with Crippen molar-refractivity contribution in [3.63, 3.8) is 0 Å². The molecule has 114 valence electrons. The molecule has 1 amide bonds. The first-order valence-electron chi connectivity index (χ1n) is 7.96. The molecule has 21 heavy (non-hydrogen) atoms. The molecule has 2 fully saturated rings. The lowest BCUT2D eigenvalue weighted by Gasteiger charge is -2.37. The smallest absolute Gasteiger partial charge is 0.254 e. The van der Waals surface area contributed by atoms with Gasteiger partial charge in [-0.2, -0.15) is 0 Å². The molecular weight excluding hydrogens is 264 g/mol. The molecule has 0 saturated carbocycles. The van der Waals surface area contributed by atoms with Crippen LogP contribution in [0.25, 0.3) is 0 Å². The van der Waals surface area contributed by atoms with Crippen molar-refractivity contribution in [2.45, 2.75) is 38.3 Å². The molecule has 0 radical (unpaired) electrons. The summed E-state index contributed by atoms with van der Waals surface area (Å²) < 4.78 is 0. The van der Waals surface area contributed by atoms with Crippen molar-refractivity contribution in [2.75, 3.05) is 26.2 Å². The zero-order valence-corrected chi connectivity index (χ0v) is 12.5. The number of carbonyl (C=O) groups excluding carboxylic acids is 1. The summed E-state index contributed by atoms with van der Waals surface area (Å²) in [5.74, 6) is 0.121. The summed E-state index contributed by atoms with van der Waals surface area (Å²) in [4.78, 5) is 21.4. The maximum Gasteiger partial charge on any atom is 0.254 e. The lowest BCUT2D eigenvalue weighted by molar-refractivity contribution is 0.0607. The minimum Gasteiger partial charge on any atom is -0.337 e. The van der Waals surface area contributed by atoms with E-state index in [0.29, 0.717) is 18.2 Å². The Balaban J connectivity index is 1.68. The van der Waals surface area contributed by atoms with Crippen molar-refractivity contribution in [1.29, 1.82) is 0 Å². The van der Waals surface area contributed by atoms with Crippen molar-refractivity contribution in [2.24, 2.45) is 5.73 Å². The summed E-state index contributed by atoms with van der Waals surface area (Å²) in [6.45, 7) is 4.48. The van der Waals surface area contributed by atoms with Gasteiger partial charge in [-0.3, -0.25) is 14.7 Å². The maximum absolute atomic E-state index is 12.7. The van der Waals surface area contributed by atoms with Gasteiger partial charge in [0.15, 0.2) is 0 Å². The molecule has 0 bridgehead atoms. The highest BCUT2D eigenvalue weighted by Crippen LogP contribution is 2.21. The lowest BCUT2D eigenvalue weighted by Crippen LogP contribution is -2.49. The highest BCUT2D eigenvalue weighted by molar-refractivity contribution is 5.94. The Hall–Kier alpha value is -1.46. The minimum atomic E-state index is 0.121. The van der Waals surface area contributed by atoms with Crippen LogP contribution in [0.1, 0.15) is 41.7 Å². The summed E-state index contributed by atoms with van der Waals surface area (Å²) in [5.41, 5.74) is 7.10. The number of carbonyl (C=O) groups is 1. The summed E-state index contributed by atoms with van der Waals surface area (Å²) in [5, 5.41) is 0. The molecule has 0 aliphatic carbocycles. The number of hydrogen-bond donors (Lipinski definition) is 1. The van der Waals surface area contributed by atoms with Crippen LogP contribution in [0.15, 0.2) is 18.3 Å². The first-order valence-corrected chi connectivity index (χ1v) is 7.96. The van der Waals surface area contributed by atoms with Crippen LogP contribution in [0.5, 0.6) is 0 Å². The van der Waals surface area contributed by atoms with E-state index in [1.54, 1.807) is 12.3 Å². The van der Waals surface area contributed by atoms with Gasteiger partial charge in [-0.1, -0.05) is 0 Å². The van der Waals surface area contributed by atoms with Crippen LogP contribution in [0.2, 0.25) is 0 Å². The van der Waals surface area contributed by atoms with Gasteiger partial charge >= 0.3 is 0 Å². The molecule has 3 heterocycles. The van der Waals surface area contributed by atoms with E-state index >= 15 is 0 Å². The zero-order chi connectivity index (χ0) is 14.7. The molecule has 1 atom stereocenters. The Morgan fingerprint density at radius 2 is 2.10 bits per heavy atom. The summed E-state index contributed by atoms with van der Waals surface area (Å²) in [6, 6.07) is 4.16. The molecule has 0 spiro atoms. The normalized spacial score (nSPS) is 23.5. The van der Waals surface area contributed by atoms with E-state index in [4.69, 9.17) is 5.73 Å². The third kappa shape index (κ3) is 3.24. The fraction of sp³-hybridized carbons (Fsp3) is 0.625. The number of rotatable bonds is 3. The zero-order valence-electron chi connectivity index (χ0n) is 12.5. The van der Waals surface area contributed by atoms with E-state index in [-0.39, 0.29) is 5.91 Å². The van der Waals surface area contributed by atoms with Gasteiger partial charge in [0.25, 0.3) is 5.91 Å². The monoisotopic (exact) mass is 288 g/mol. The molecule has 3 rings (SSSR count). The average molecular weight is 288 g/mol. The Morgan fingerprint density at radius 1 is 1.29 bits per heavy atom. The number of piperidine rings is 1. The molecule has 2 aliphatic rings. The van der Waals surface area contributed by atoms with E-state index in [1.165, 1.54) is 32.4 Å². The molecule has 1 unspecified atom stereocenters. The van der Waals surface area contributed by atoms with Crippen LogP contribution < -0.4 is 5.73 Å². The number of likely N-dealkylation sites (tertiary alicyclic amines) is 2. The van der Waals surface area contributed by atoms with Crippen LogP contribution in [0.4, 0.5) is 0 Å². The second-order valence-corrected chi connectivity index (χ2v) is 6.03. The van der Waals surface area contributed by atoms with Crippen LogP contribution in [0.3, 0.4) is 0 Å². The largest absolute Gasteiger partial charge is 0.337 e.